The molecule has 0 aliphatic carbocycles. The zero-order chi connectivity index (χ0) is 16.5. The molecule has 4 rings (SSSR count). The molecule has 6 heteroatoms. The van der Waals surface area contributed by atoms with Crippen molar-refractivity contribution >= 4 is 28.3 Å². The smallest absolute Gasteiger partial charge is 0.179 e. The van der Waals surface area contributed by atoms with Crippen LogP contribution in [0.5, 0.6) is 11.5 Å². The SMILES string of the molecule is Cc1ccc2ncnc(NCc3cc(Cl)c4c(c3)OCCO4)c2c1. The standard InChI is InChI=1S/C18H16ClN3O2/c1-11-2-3-15-13(6-11)18(22-10-21-15)20-9-12-7-14(19)17-16(8-12)23-4-5-24-17/h2-3,6-8,10H,4-5,9H2,1H3,(H,20,21,22). The third-order valence-corrected chi connectivity index (χ3v) is 4.19. The molecule has 0 unspecified atom stereocenters. The Morgan fingerprint density at radius 2 is 2.00 bits per heavy atom. The van der Waals surface area contributed by atoms with Crippen molar-refractivity contribution in [1.82, 2.24) is 9.97 Å². The lowest BCUT2D eigenvalue weighted by atomic mass is 10.1. The van der Waals surface area contributed by atoms with E-state index in [0.717, 1.165) is 22.3 Å². The highest BCUT2D eigenvalue weighted by atomic mass is 35.5. The van der Waals surface area contributed by atoms with Crippen LogP contribution in [0.1, 0.15) is 11.1 Å². The molecular formula is C18H16ClN3O2. The van der Waals surface area contributed by atoms with Gasteiger partial charge in [-0.3, -0.25) is 0 Å². The van der Waals surface area contributed by atoms with Crippen LogP contribution in [0.4, 0.5) is 5.82 Å². The second kappa shape index (κ2) is 6.17. The lowest BCUT2D eigenvalue weighted by molar-refractivity contribution is 0.171. The van der Waals surface area contributed by atoms with Gasteiger partial charge < -0.3 is 14.8 Å². The molecule has 0 atom stereocenters. The molecule has 1 N–H and O–H groups in total. The maximum atomic E-state index is 6.29. The predicted molar refractivity (Wildman–Crippen MR) is 94.0 cm³/mol. The third kappa shape index (κ3) is 2.83. The van der Waals surface area contributed by atoms with Gasteiger partial charge in [-0.05, 0) is 36.8 Å². The summed E-state index contributed by atoms with van der Waals surface area (Å²) in [4.78, 5) is 8.66. The number of hydrogen-bond acceptors (Lipinski definition) is 5. The van der Waals surface area contributed by atoms with E-state index in [0.29, 0.717) is 36.3 Å². The number of aryl methyl sites for hydroxylation is 1. The Hall–Kier alpha value is -2.53. The molecule has 1 aliphatic heterocycles. The van der Waals surface area contributed by atoms with Crippen LogP contribution in [0.15, 0.2) is 36.7 Å². The molecule has 1 aromatic heterocycles. The number of aromatic nitrogens is 2. The molecule has 122 valence electrons. The second-order valence-electron chi connectivity index (χ2n) is 5.70. The summed E-state index contributed by atoms with van der Waals surface area (Å²) in [5, 5.41) is 4.92. The van der Waals surface area contributed by atoms with Gasteiger partial charge in [0, 0.05) is 11.9 Å². The molecule has 0 fully saturated rings. The molecule has 0 spiro atoms. The minimum absolute atomic E-state index is 0.524. The first kappa shape index (κ1) is 15.0. The van der Waals surface area contributed by atoms with Crippen LogP contribution in [-0.4, -0.2) is 23.2 Å². The van der Waals surface area contributed by atoms with E-state index in [9.17, 15) is 0 Å². The highest BCUT2D eigenvalue weighted by Crippen LogP contribution is 2.38. The Bertz CT molecular complexity index is 914. The fraction of sp³-hybridized carbons (Fsp3) is 0.222. The second-order valence-corrected chi connectivity index (χ2v) is 6.11. The minimum atomic E-state index is 0.524. The molecular weight excluding hydrogens is 326 g/mol. The van der Waals surface area contributed by atoms with Gasteiger partial charge in [0.1, 0.15) is 25.4 Å². The zero-order valence-corrected chi connectivity index (χ0v) is 13.9. The van der Waals surface area contributed by atoms with Crippen LogP contribution in [0.2, 0.25) is 5.02 Å². The average Bonchev–Trinajstić information content (AvgIpc) is 2.60. The first-order chi connectivity index (χ1) is 11.7. The zero-order valence-electron chi connectivity index (χ0n) is 13.2. The molecule has 3 aromatic rings. The van der Waals surface area contributed by atoms with E-state index >= 15 is 0 Å². The van der Waals surface area contributed by atoms with E-state index in [1.807, 2.05) is 24.3 Å². The van der Waals surface area contributed by atoms with Gasteiger partial charge in [-0.25, -0.2) is 9.97 Å². The van der Waals surface area contributed by atoms with Gasteiger partial charge in [-0.2, -0.15) is 0 Å². The van der Waals surface area contributed by atoms with Crippen LogP contribution in [-0.2, 0) is 6.54 Å². The summed E-state index contributed by atoms with van der Waals surface area (Å²) in [5.41, 5.74) is 3.09. The molecule has 1 aliphatic rings. The number of rotatable bonds is 3. The Morgan fingerprint density at radius 3 is 2.92 bits per heavy atom. The first-order valence-corrected chi connectivity index (χ1v) is 8.12. The van der Waals surface area contributed by atoms with E-state index in [1.54, 1.807) is 6.33 Å². The molecule has 2 aromatic carbocycles. The average molecular weight is 342 g/mol. The van der Waals surface area contributed by atoms with Crippen molar-refractivity contribution in [1.29, 1.82) is 0 Å². The van der Waals surface area contributed by atoms with Crippen molar-refractivity contribution in [2.75, 3.05) is 18.5 Å². The Balaban J connectivity index is 1.61. The summed E-state index contributed by atoms with van der Waals surface area (Å²) in [7, 11) is 0. The van der Waals surface area contributed by atoms with Crippen molar-refractivity contribution in [2.45, 2.75) is 13.5 Å². The predicted octanol–water partition coefficient (Wildman–Crippen LogP) is 3.97. The molecule has 5 nitrogen and oxygen atoms in total. The fourth-order valence-electron chi connectivity index (χ4n) is 2.76. The molecule has 0 bridgehead atoms. The first-order valence-electron chi connectivity index (χ1n) is 7.74. The van der Waals surface area contributed by atoms with Gasteiger partial charge in [-0.15, -0.1) is 0 Å². The van der Waals surface area contributed by atoms with Gasteiger partial charge in [0.2, 0.25) is 0 Å². The molecule has 0 radical (unpaired) electrons. The summed E-state index contributed by atoms with van der Waals surface area (Å²) >= 11 is 6.29. The topological polar surface area (TPSA) is 56.3 Å². The third-order valence-electron chi connectivity index (χ3n) is 3.91. The van der Waals surface area contributed by atoms with Crippen molar-refractivity contribution in [3.05, 3.63) is 52.8 Å². The highest BCUT2D eigenvalue weighted by molar-refractivity contribution is 6.32. The number of ether oxygens (including phenoxy) is 2. The Morgan fingerprint density at radius 1 is 1.12 bits per heavy atom. The number of fused-ring (bicyclic) bond motifs is 2. The fourth-order valence-corrected chi connectivity index (χ4v) is 3.05. The number of hydrogen-bond donors (Lipinski definition) is 1. The minimum Gasteiger partial charge on any atom is -0.486 e. The normalized spacial score (nSPS) is 13.1. The van der Waals surface area contributed by atoms with Crippen molar-refractivity contribution in [2.24, 2.45) is 0 Å². The number of nitrogens with zero attached hydrogens (tertiary/aromatic N) is 2. The number of anilines is 1. The number of halogens is 1. The number of benzene rings is 2. The van der Waals surface area contributed by atoms with Gasteiger partial charge in [0.15, 0.2) is 11.5 Å². The van der Waals surface area contributed by atoms with Crippen molar-refractivity contribution < 1.29 is 9.47 Å². The summed E-state index contributed by atoms with van der Waals surface area (Å²) in [5.74, 6) is 2.11. The monoisotopic (exact) mass is 341 g/mol. The number of nitrogens with one attached hydrogen (secondary N) is 1. The maximum Gasteiger partial charge on any atom is 0.179 e. The van der Waals surface area contributed by atoms with Gasteiger partial charge in [0.05, 0.1) is 10.5 Å². The van der Waals surface area contributed by atoms with Gasteiger partial charge in [0.25, 0.3) is 0 Å². The largest absolute Gasteiger partial charge is 0.486 e. The van der Waals surface area contributed by atoms with E-state index in [4.69, 9.17) is 21.1 Å². The van der Waals surface area contributed by atoms with Crippen molar-refractivity contribution in [3.8, 4) is 11.5 Å². The van der Waals surface area contributed by atoms with Crippen LogP contribution < -0.4 is 14.8 Å². The summed E-state index contributed by atoms with van der Waals surface area (Å²) in [6.45, 7) is 3.69. The summed E-state index contributed by atoms with van der Waals surface area (Å²) in [6, 6.07) is 9.95. The lowest BCUT2D eigenvalue weighted by Gasteiger charge is -2.20. The van der Waals surface area contributed by atoms with E-state index in [-0.39, 0.29) is 0 Å². The summed E-state index contributed by atoms with van der Waals surface area (Å²) < 4.78 is 11.2. The summed E-state index contributed by atoms with van der Waals surface area (Å²) in [6.07, 6.45) is 1.57. The Labute approximate surface area is 144 Å². The van der Waals surface area contributed by atoms with Crippen LogP contribution >= 0.6 is 11.6 Å². The van der Waals surface area contributed by atoms with Crippen LogP contribution in [0.3, 0.4) is 0 Å². The van der Waals surface area contributed by atoms with Gasteiger partial charge in [-0.1, -0.05) is 23.2 Å². The highest BCUT2D eigenvalue weighted by Gasteiger charge is 2.16. The molecule has 24 heavy (non-hydrogen) atoms. The molecule has 0 saturated heterocycles. The van der Waals surface area contributed by atoms with E-state index in [1.165, 1.54) is 5.56 Å². The van der Waals surface area contributed by atoms with Crippen LogP contribution in [0, 0.1) is 6.92 Å². The van der Waals surface area contributed by atoms with Crippen LogP contribution in [0.25, 0.3) is 10.9 Å². The van der Waals surface area contributed by atoms with E-state index < -0.39 is 0 Å². The quantitative estimate of drug-likeness (QED) is 0.781. The lowest BCUT2D eigenvalue weighted by Crippen LogP contribution is -2.16. The molecule has 0 saturated carbocycles. The van der Waals surface area contributed by atoms with Gasteiger partial charge >= 0.3 is 0 Å². The Kier molecular flexibility index (Phi) is 3.86. The van der Waals surface area contributed by atoms with Crippen molar-refractivity contribution in [3.63, 3.8) is 0 Å². The van der Waals surface area contributed by atoms with E-state index in [2.05, 4.69) is 28.3 Å². The molecule has 2 heterocycles. The molecule has 0 amide bonds. The maximum absolute atomic E-state index is 6.29.